The molecule has 2 aromatic heterocycles. The van der Waals surface area contributed by atoms with E-state index in [1.165, 1.54) is 36.3 Å². The number of carbonyl (C=O) groups excluding carboxylic acids is 1. The van der Waals surface area contributed by atoms with Crippen LogP contribution in [-0.4, -0.2) is 53.1 Å². The molecule has 1 amide bonds. The molecule has 1 saturated heterocycles. The lowest BCUT2D eigenvalue weighted by atomic mass is 10.2. The number of halogens is 3. The fourth-order valence-electron chi connectivity index (χ4n) is 3.82. The van der Waals surface area contributed by atoms with Crippen molar-refractivity contribution in [1.82, 2.24) is 14.8 Å². The maximum Gasteiger partial charge on any atom is 0.416 e. The number of anilines is 2. The Kier molecular flexibility index (Phi) is 6.47. The summed E-state index contributed by atoms with van der Waals surface area (Å²) in [6.07, 6.45) is -1.43. The molecule has 0 bridgehead atoms. The fraction of sp³-hybridized carbons (Fsp3) is 0.348. The predicted molar refractivity (Wildman–Crippen MR) is 120 cm³/mol. The van der Waals surface area contributed by atoms with Crippen molar-refractivity contribution in [2.75, 3.05) is 30.4 Å². The lowest BCUT2D eigenvalue weighted by molar-refractivity contribution is -0.137. The highest BCUT2D eigenvalue weighted by molar-refractivity contribution is 6.04. The van der Waals surface area contributed by atoms with Crippen LogP contribution in [0.1, 0.15) is 29.9 Å². The molecule has 180 valence electrons. The van der Waals surface area contributed by atoms with Gasteiger partial charge in [-0.05, 0) is 44.2 Å². The van der Waals surface area contributed by atoms with Crippen LogP contribution in [0, 0.1) is 0 Å². The molecule has 1 N–H and O–H groups in total. The van der Waals surface area contributed by atoms with E-state index >= 15 is 0 Å². The van der Waals surface area contributed by atoms with Gasteiger partial charge in [0.1, 0.15) is 5.82 Å². The van der Waals surface area contributed by atoms with Gasteiger partial charge in [0.05, 0.1) is 48.6 Å². The summed E-state index contributed by atoms with van der Waals surface area (Å²) in [4.78, 5) is 19.4. The van der Waals surface area contributed by atoms with E-state index in [-0.39, 0.29) is 29.3 Å². The van der Waals surface area contributed by atoms with Crippen LogP contribution in [0.25, 0.3) is 5.69 Å². The summed E-state index contributed by atoms with van der Waals surface area (Å²) >= 11 is 0. The van der Waals surface area contributed by atoms with E-state index in [0.717, 1.165) is 18.0 Å². The van der Waals surface area contributed by atoms with Gasteiger partial charge in [0.25, 0.3) is 5.91 Å². The highest BCUT2D eigenvalue weighted by atomic mass is 19.4. The zero-order valence-corrected chi connectivity index (χ0v) is 18.8. The first-order valence-electron chi connectivity index (χ1n) is 10.6. The van der Waals surface area contributed by atoms with Gasteiger partial charge in [-0.1, -0.05) is 6.07 Å². The quantitative estimate of drug-likeness (QED) is 0.597. The fourth-order valence-corrected chi connectivity index (χ4v) is 3.82. The Morgan fingerprint density at radius 2 is 1.91 bits per heavy atom. The maximum atomic E-state index is 13.1. The molecule has 0 aliphatic carbocycles. The van der Waals surface area contributed by atoms with E-state index in [9.17, 15) is 18.0 Å². The third-order valence-electron chi connectivity index (χ3n) is 5.30. The molecule has 3 heterocycles. The number of benzene rings is 1. The SMILES string of the molecule is COc1cn(-c2cccc(C(F)(F)F)c2)nc1C(=O)Nc1ccc(N2CC(C)OC(C)C2)nc1. The number of alkyl halides is 3. The van der Waals surface area contributed by atoms with Gasteiger partial charge in [-0.2, -0.15) is 18.3 Å². The molecule has 1 aliphatic heterocycles. The van der Waals surface area contributed by atoms with E-state index < -0.39 is 17.6 Å². The van der Waals surface area contributed by atoms with Crippen LogP contribution >= 0.6 is 0 Å². The van der Waals surface area contributed by atoms with Crippen LogP contribution in [0.15, 0.2) is 48.8 Å². The summed E-state index contributed by atoms with van der Waals surface area (Å²) in [5.41, 5.74) is -0.300. The van der Waals surface area contributed by atoms with Gasteiger partial charge < -0.3 is 19.7 Å². The molecule has 3 aromatic rings. The number of nitrogens with one attached hydrogen (secondary N) is 1. The molecular formula is C23H24F3N5O3. The standard InChI is InChI=1S/C23H24F3N5O3/c1-14-11-30(12-15(2)34-14)20-8-7-17(10-27-20)28-22(32)21-19(33-3)13-31(29-21)18-6-4-5-16(9-18)23(24,25)26/h4-10,13-15H,11-12H2,1-3H3,(H,28,32). The van der Waals surface area contributed by atoms with Crippen molar-refractivity contribution in [3.8, 4) is 11.4 Å². The number of hydrogen-bond acceptors (Lipinski definition) is 6. The van der Waals surface area contributed by atoms with E-state index in [0.29, 0.717) is 18.8 Å². The average Bonchev–Trinajstić information content (AvgIpc) is 3.23. The number of aromatic nitrogens is 3. The summed E-state index contributed by atoms with van der Waals surface area (Å²) < 4.78 is 51.3. The predicted octanol–water partition coefficient (Wildman–Crippen LogP) is 4.16. The van der Waals surface area contributed by atoms with Crippen molar-refractivity contribution in [2.24, 2.45) is 0 Å². The summed E-state index contributed by atoms with van der Waals surface area (Å²) in [5.74, 6) is 0.313. The third kappa shape index (κ3) is 5.14. The largest absolute Gasteiger partial charge is 0.493 e. The number of methoxy groups -OCH3 is 1. The molecule has 11 heteroatoms. The Labute approximate surface area is 194 Å². The molecule has 8 nitrogen and oxygen atoms in total. The van der Waals surface area contributed by atoms with E-state index in [1.54, 1.807) is 12.1 Å². The topological polar surface area (TPSA) is 81.5 Å². The van der Waals surface area contributed by atoms with Crippen LogP contribution in [0.5, 0.6) is 5.75 Å². The van der Waals surface area contributed by atoms with Crippen LogP contribution in [-0.2, 0) is 10.9 Å². The zero-order chi connectivity index (χ0) is 24.5. The third-order valence-corrected chi connectivity index (χ3v) is 5.30. The second kappa shape index (κ2) is 9.34. The monoisotopic (exact) mass is 475 g/mol. The van der Waals surface area contributed by atoms with Gasteiger partial charge in [-0.15, -0.1) is 0 Å². The molecule has 0 radical (unpaired) electrons. The van der Waals surface area contributed by atoms with Gasteiger partial charge in [0.15, 0.2) is 11.4 Å². The van der Waals surface area contributed by atoms with Crippen molar-refractivity contribution in [2.45, 2.75) is 32.2 Å². The van der Waals surface area contributed by atoms with E-state index in [1.807, 2.05) is 13.8 Å². The summed E-state index contributed by atoms with van der Waals surface area (Å²) in [6.45, 7) is 5.44. The minimum absolute atomic E-state index is 0.0696. The summed E-state index contributed by atoms with van der Waals surface area (Å²) in [7, 11) is 1.35. The maximum absolute atomic E-state index is 13.1. The highest BCUT2D eigenvalue weighted by Crippen LogP contribution is 2.31. The first kappa shape index (κ1) is 23.6. The Bertz CT molecular complexity index is 1150. The van der Waals surface area contributed by atoms with Gasteiger partial charge >= 0.3 is 6.18 Å². The molecule has 2 atom stereocenters. The first-order chi connectivity index (χ1) is 16.1. The molecule has 0 saturated carbocycles. The number of nitrogens with zero attached hydrogens (tertiary/aromatic N) is 4. The van der Waals surface area contributed by atoms with Crippen molar-refractivity contribution in [3.63, 3.8) is 0 Å². The number of amides is 1. The molecule has 4 rings (SSSR count). The zero-order valence-electron chi connectivity index (χ0n) is 18.8. The Balaban J connectivity index is 1.51. The highest BCUT2D eigenvalue weighted by Gasteiger charge is 2.31. The van der Waals surface area contributed by atoms with Crippen molar-refractivity contribution in [3.05, 3.63) is 60.0 Å². The summed E-state index contributed by atoms with van der Waals surface area (Å²) in [6, 6.07) is 8.17. The van der Waals surface area contributed by atoms with Crippen LogP contribution in [0.2, 0.25) is 0 Å². The van der Waals surface area contributed by atoms with Crippen LogP contribution in [0.4, 0.5) is 24.7 Å². The molecule has 34 heavy (non-hydrogen) atoms. The second-order valence-corrected chi connectivity index (χ2v) is 8.06. The lowest BCUT2D eigenvalue weighted by Gasteiger charge is -2.36. The smallest absolute Gasteiger partial charge is 0.416 e. The number of pyridine rings is 1. The van der Waals surface area contributed by atoms with Crippen LogP contribution in [0.3, 0.4) is 0 Å². The molecule has 1 fully saturated rings. The number of carbonyl (C=O) groups is 1. The Morgan fingerprint density at radius 3 is 2.53 bits per heavy atom. The van der Waals surface area contributed by atoms with Gasteiger partial charge in [0, 0.05) is 13.1 Å². The number of ether oxygens (including phenoxy) is 2. The minimum Gasteiger partial charge on any atom is -0.493 e. The average molecular weight is 475 g/mol. The number of morpholine rings is 1. The van der Waals surface area contributed by atoms with Crippen molar-refractivity contribution < 1.29 is 27.4 Å². The Morgan fingerprint density at radius 1 is 1.18 bits per heavy atom. The van der Waals surface area contributed by atoms with E-state index in [4.69, 9.17) is 9.47 Å². The van der Waals surface area contributed by atoms with E-state index in [2.05, 4.69) is 20.3 Å². The van der Waals surface area contributed by atoms with Crippen LogP contribution < -0.4 is 15.0 Å². The molecule has 2 unspecified atom stereocenters. The van der Waals surface area contributed by atoms with Crippen molar-refractivity contribution >= 4 is 17.4 Å². The molecule has 0 spiro atoms. The van der Waals surface area contributed by atoms with Gasteiger partial charge in [-0.3, -0.25) is 4.79 Å². The van der Waals surface area contributed by atoms with Gasteiger partial charge in [0.2, 0.25) is 0 Å². The van der Waals surface area contributed by atoms with Gasteiger partial charge in [-0.25, -0.2) is 9.67 Å². The molecule has 1 aliphatic rings. The number of hydrogen-bond donors (Lipinski definition) is 1. The Hall–Kier alpha value is -3.60. The second-order valence-electron chi connectivity index (χ2n) is 8.06. The molecular weight excluding hydrogens is 451 g/mol. The van der Waals surface area contributed by atoms with Crippen molar-refractivity contribution in [1.29, 1.82) is 0 Å². The molecule has 1 aromatic carbocycles. The summed E-state index contributed by atoms with van der Waals surface area (Å²) in [5, 5.41) is 6.85. The minimum atomic E-state index is -4.50. The first-order valence-corrected chi connectivity index (χ1v) is 10.6. The lowest BCUT2D eigenvalue weighted by Crippen LogP contribution is -2.45. The number of rotatable bonds is 5. The normalized spacial score (nSPS) is 18.6.